The second-order valence-corrected chi connectivity index (χ2v) is 4.78. The van der Waals surface area contributed by atoms with Crippen LogP contribution < -0.4 is 10.5 Å². The number of likely N-dealkylation sites (N-methyl/N-ethyl adjacent to an activating group) is 1. The van der Waals surface area contributed by atoms with E-state index in [2.05, 4.69) is 24.0 Å². The summed E-state index contributed by atoms with van der Waals surface area (Å²) in [4.78, 5) is 2.31. The largest absolute Gasteiger partial charge is 0.497 e. The van der Waals surface area contributed by atoms with Crippen molar-refractivity contribution in [2.24, 2.45) is 5.73 Å². The normalized spacial score (nSPS) is 14.4. The Hall–Kier alpha value is -1.10. The second kappa shape index (κ2) is 8.15. The number of nitrogens with zero attached hydrogens (tertiary/aromatic N) is 1. The number of aliphatic hydroxyl groups excluding tert-OH is 1. The lowest BCUT2D eigenvalue weighted by molar-refractivity contribution is 0.165. The van der Waals surface area contributed by atoms with Crippen LogP contribution in [-0.4, -0.2) is 42.9 Å². The van der Waals surface area contributed by atoms with Crippen LogP contribution in [0, 0.1) is 0 Å². The van der Waals surface area contributed by atoms with Gasteiger partial charge in [0.2, 0.25) is 0 Å². The smallest absolute Gasteiger partial charge is 0.118 e. The van der Waals surface area contributed by atoms with Gasteiger partial charge in [0.05, 0.1) is 7.11 Å². The molecule has 4 nitrogen and oxygen atoms in total. The Bertz CT molecular complexity index is 352. The van der Waals surface area contributed by atoms with Crippen molar-refractivity contribution in [2.45, 2.75) is 32.4 Å². The van der Waals surface area contributed by atoms with Crippen molar-refractivity contribution in [3.8, 4) is 5.75 Å². The van der Waals surface area contributed by atoms with E-state index in [0.717, 1.165) is 25.3 Å². The van der Waals surface area contributed by atoms with Crippen LogP contribution in [-0.2, 0) is 0 Å². The van der Waals surface area contributed by atoms with Crippen LogP contribution in [0.1, 0.15) is 31.9 Å². The fourth-order valence-electron chi connectivity index (χ4n) is 2.42. The topological polar surface area (TPSA) is 58.7 Å². The molecule has 0 heterocycles. The number of hydrogen-bond acceptors (Lipinski definition) is 4. The molecule has 2 unspecified atom stereocenters. The molecule has 0 aromatic heterocycles. The summed E-state index contributed by atoms with van der Waals surface area (Å²) in [7, 11) is 1.66. The van der Waals surface area contributed by atoms with Gasteiger partial charge in [0.25, 0.3) is 0 Å². The van der Waals surface area contributed by atoms with Crippen LogP contribution in [0.4, 0.5) is 0 Å². The van der Waals surface area contributed by atoms with Crippen molar-refractivity contribution in [2.75, 3.05) is 26.8 Å². The van der Waals surface area contributed by atoms with Gasteiger partial charge in [-0.1, -0.05) is 19.1 Å². The summed E-state index contributed by atoms with van der Waals surface area (Å²) in [6.07, 6.45) is 0.771. The highest BCUT2D eigenvalue weighted by Crippen LogP contribution is 2.25. The van der Waals surface area contributed by atoms with Gasteiger partial charge in [-0.2, -0.15) is 0 Å². The fraction of sp³-hybridized carbons (Fsp3) is 0.600. The lowest BCUT2D eigenvalue weighted by Crippen LogP contribution is -2.40. The van der Waals surface area contributed by atoms with Crippen LogP contribution in [0.5, 0.6) is 5.75 Å². The van der Waals surface area contributed by atoms with E-state index in [4.69, 9.17) is 15.6 Å². The Morgan fingerprint density at radius 3 is 2.37 bits per heavy atom. The molecule has 0 saturated heterocycles. The Morgan fingerprint density at radius 1 is 1.32 bits per heavy atom. The Balaban J connectivity index is 2.90. The molecule has 1 aromatic rings. The van der Waals surface area contributed by atoms with Gasteiger partial charge >= 0.3 is 0 Å². The van der Waals surface area contributed by atoms with Gasteiger partial charge in [0, 0.05) is 25.2 Å². The Labute approximate surface area is 116 Å². The van der Waals surface area contributed by atoms with Crippen molar-refractivity contribution in [3.05, 3.63) is 29.8 Å². The van der Waals surface area contributed by atoms with Crippen molar-refractivity contribution >= 4 is 0 Å². The van der Waals surface area contributed by atoms with Crippen LogP contribution in [0.25, 0.3) is 0 Å². The van der Waals surface area contributed by atoms with Crippen molar-refractivity contribution in [1.29, 1.82) is 0 Å². The first-order chi connectivity index (χ1) is 9.13. The number of hydrogen-bond donors (Lipinski definition) is 2. The van der Waals surface area contributed by atoms with Gasteiger partial charge in [-0.3, -0.25) is 4.90 Å². The summed E-state index contributed by atoms with van der Waals surface area (Å²) in [5.41, 5.74) is 7.34. The number of methoxy groups -OCH3 is 1. The molecule has 1 rings (SSSR count). The number of aliphatic hydroxyl groups is 1. The summed E-state index contributed by atoms with van der Waals surface area (Å²) in [6, 6.07) is 8.26. The minimum Gasteiger partial charge on any atom is -0.497 e. The van der Waals surface area contributed by atoms with Gasteiger partial charge in [0.15, 0.2) is 0 Å². The highest BCUT2D eigenvalue weighted by molar-refractivity contribution is 5.29. The molecule has 1 aromatic carbocycles. The van der Waals surface area contributed by atoms with E-state index in [1.54, 1.807) is 7.11 Å². The summed E-state index contributed by atoms with van der Waals surface area (Å²) in [6.45, 7) is 6.13. The van der Waals surface area contributed by atoms with E-state index in [9.17, 15) is 0 Å². The molecule has 0 fully saturated rings. The first kappa shape index (κ1) is 16.0. The number of ether oxygens (including phenoxy) is 1. The molecule has 0 aliphatic carbocycles. The first-order valence-electron chi connectivity index (χ1n) is 6.88. The predicted octanol–water partition coefficient (Wildman–Crippen LogP) is 1.79. The highest BCUT2D eigenvalue weighted by atomic mass is 16.5. The third kappa shape index (κ3) is 4.49. The summed E-state index contributed by atoms with van der Waals surface area (Å²) in [5, 5.41) is 9.00. The number of nitrogens with two attached hydrogens (primary N) is 1. The third-order valence-corrected chi connectivity index (χ3v) is 3.36. The zero-order valence-corrected chi connectivity index (χ0v) is 12.2. The molecule has 0 spiro atoms. The predicted molar refractivity (Wildman–Crippen MR) is 78.3 cm³/mol. The SMILES string of the molecule is CCN(CCCO)C(c1ccc(OC)cc1)C(C)N. The van der Waals surface area contributed by atoms with Crippen molar-refractivity contribution in [1.82, 2.24) is 4.90 Å². The molecular weight excluding hydrogens is 240 g/mol. The molecule has 2 atom stereocenters. The van der Waals surface area contributed by atoms with Crippen LogP contribution >= 0.6 is 0 Å². The molecule has 0 radical (unpaired) electrons. The lowest BCUT2D eigenvalue weighted by Gasteiger charge is -2.33. The second-order valence-electron chi connectivity index (χ2n) is 4.78. The van der Waals surface area contributed by atoms with E-state index in [1.165, 1.54) is 5.56 Å². The van der Waals surface area contributed by atoms with Gasteiger partial charge < -0.3 is 15.6 Å². The van der Waals surface area contributed by atoms with E-state index in [1.807, 2.05) is 19.1 Å². The molecule has 0 saturated carbocycles. The molecule has 0 aliphatic heterocycles. The molecular formula is C15H26N2O2. The number of rotatable bonds is 8. The minimum atomic E-state index is 0.0343. The quantitative estimate of drug-likeness (QED) is 0.753. The molecule has 108 valence electrons. The summed E-state index contributed by atoms with van der Waals surface area (Å²) >= 11 is 0. The van der Waals surface area contributed by atoms with Gasteiger partial charge in [-0.05, 0) is 37.6 Å². The Kier molecular flexibility index (Phi) is 6.84. The van der Waals surface area contributed by atoms with E-state index >= 15 is 0 Å². The fourth-order valence-corrected chi connectivity index (χ4v) is 2.42. The lowest BCUT2D eigenvalue weighted by atomic mass is 9.98. The molecule has 4 heteroatoms. The molecule has 0 amide bonds. The van der Waals surface area contributed by atoms with Crippen LogP contribution in [0.2, 0.25) is 0 Å². The zero-order valence-electron chi connectivity index (χ0n) is 12.2. The maximum atomic E-state index is 9.00. The van der Waals surface area contributed by atoms with Crippen molar-refractivity contribution < 1.29 is 9.84 Å². The third-order valence-electron chi connectivity index (χ3n) is 3.36. The van der Waals surface area contributed by atoms with Gasteiger partial charge in [0.1, 0.15) is 5.75 Å². The van der Waals surface area contributed by atoms with Gasteiger partial charge in [-0.25, -0.2) is 0 Å². The average Bonchev–Trinajstić information content (AvgIpc) is 2.43. The summed E-state index contributed by atoms with van der Waals surface area (Å²) < 4.78 is 5.18. The first-order valence-corrected chi connectivity index (χ1v) is 6.88. The Morgan fingerprint density at radius 2 is 1.95 bits per heavy atom. The molecule has 19 heavy (non-hydrogen) atoms. The van der Waals surface area contributed by atoms with E-state index in [-0.39, 0.29) is 18.7 Å². The van der Waals surface area contributed by atoms with E-state index in [0.29, 0.717) is 0 Å². The van der Waals surface area contributed by atoms with E-state index < -0.39 is 0 Å². The summed E-state index contributed by atoms with van der Waals surface area (Å²) in [5.74, 6) is 0.852. The highest BCUT2D eigenvalue weighted by Gasteiger charge is 2.22. The standard InChI is InChI=1S/C15H26N2O2/c1-4-17(10-5-11-18)15(12(2)16)13-6-8-14(19-3)9-7-13/h6-9,12,15,18H,4-5,10-11,16H2,1-3H3. The maximum absolute atomic E-state index is 9.00. The number of benzene rings is 1. The minimum absolute atomic E-state index is 0.0343. The zero-order chi connectivity index (χ0) is 14.3. The monoisotopic (exact) mass is 266 g/mol. The van der Waals surface area contributed by atoms with Crippen LogP contribution in [0.3, 0.4) is 0 Å². The van der Waals surface area contributed by atoms with Gasteiger partial charge in [-0.15, -0.1) is 0 Å². The van der Waals surface area contributed by atoms with Crippen molar-refractivity contribution in [3.63, 3.8) is 0 Å². The molecule has 3 N–H and O–H groups in total. The molecule has 0 aliphatic rings. The average molecular weight is 266 g/mol. The molecule has 0 bridgehead atoms. The van der Waals surface area contributed by atoms with Crippen LogP contribution in [0.15, 0.2) is 24.3 Å². The maximum Gasteiger partial charge on any atom is 0.118 e.